The minimum Gasteiger partial charge on any atom is -0.465 e. The summed E-state index contributed by atoms with van der Waals surface area (Å²) in [7, 11) is 1.41. The van der Waals surface area contributed by atoms with Crippen molar-refractivity contribution in [3.8, 4) is 0 Å². The summed E-state index contributed by atoms with van der Waals surface area (Å²) in [6, 6.07) is 0. The third kappa shape index (κ3) is 5.59. The van der Waals surface area contributed by atoms with E-state index in [-0.39, 0.29) is 17.3 Å². The molecule has 1 unspecified atom stereocenters. The molecule has 4 nitrogen and oxygen atoms in total. The Labute approximate surface area is 174 Å². The fourth-order valence-electron chi connectivity index (χ4n) is 4.03. The lowest BCUT2D eigenvalue weighted by Gasteiger charge is -2.36. The number of ether oxygens (including phenoxy) is 1. The van der Waals surface area contributed by atoms with E-state index < -0.39 is 0 Å². The van der Waals surface area contributed by atoms with Gasteiger partial charge in [-0.3, -0.25) is 4.79 Å². The van der Waals surface area contributed by atoms with Crippen molar-refractivity contribution in [1.29, 1.82) is 0 Å². The summed E-state index contributed by atoms with van der Waals surface area (Å²) in [6.07, 6.45) is 10.2. The van der Waals surface area contributed by atoms with Crippen LogP contribution < -0.4 is 5.32 Å². The zero-order valence-corrected chi connectivity index (χ0v) is 19.1. The first-order valence-electron chi connectivity index (χ1n) is 10.9. The number of nitrogens with one attached hydrogen (secondary N) is 1. The van der Waals surface area contributed by atoms with Crippen molar-refractivity contribution in [2.24, 2.45) is 11.3 Å². The van der Waals surface area contributed by atoms with Crippen LogP contribution in [0.4, 0.5) is 5.00 Å². The lowest BCUT2D eigenvalue weighted by Crippen LogP contribution is -2.28. The van der Waals surface area contributed by atoms with Gasteiger partial charge in [0.1, 0.15) is 5.00 Å². The molecule has 1 aliphatic rings. The Kier molecular flexibility index (Phi) is 8.54. The molecule has 5 heteroatoms. The highest BCUT2D eigenvalue weighted by Crippen LogP contribution is 2.45. The summed E-state index contributed by atoms with van der Waals surface area (Å²) < 4.78 is 5.04. The number of anilines is 1. The average molecular weight is 408 g/mol. The van der Waals surface area contributed by atoms with E-state index in [1.165, 1.54) is 31.2 Å². The quantitative estimate of drug-likeness (QED) is 0.362. The van der Waals surface area contributed by atoms with Crippen LogP contribution in [0.2, 0.25) is 0 Å². The molecule has 158 valence electrons. The molecule has 0 fully saturated rings. The van der Waals surface area contributed by atoms with Crippen molar-refractivity contribution in [1.82, 2.24) is 0 Å². The summed E-state index contributed by atoms with van der Waals surface area (Å²) >= 11 is 1.58. The maximum absolute atomic E-state index is 12.4. The van der Waals surface area contributed by atoms with Crippen molar-refractivity contribution >= 4 is 28.2 Å². The Morgan fingerprint density at radius 2 is 1.89 bits per heavy atom. The van der Waals surface area contributed by atoms with E-state index in [2.05, 4.69) is 33.0 Å². The number of esters is 1. The number of carbonyl (C=O) groups excluding carboxylic acids is 2. The van der Waals surface area contributed by atoms with Crippen LogP contribution in [0.5, 0.6) is 0 Å². The zero-order valence-electron chi connectivity index (χ0n) is 18.3. The van der Waals surface area contributed by atoms with Crippen LogP contribution in [0.3, 0.4) is 0 Å². The fraction of sp³-hybridized carbons (Fsp3) is 0.739. The molecule has 1 amide bonds. The van der Waals surface area contributed by atoms with Gasteiger partial charge in [-0.2, -0.15) is 0 Å². The van der Waals surface area contributed by atoms with E-state index in [1.54, 1.807) is 11.3 Å². The van der Waals surface area contributed by atoms with Gasteiger partial charge in [-0.05, 0) is 42.6 Å². The molecule has 28 heavy (non-hydrogen) atoms. The largest absolute Gasteiger partial charge is 0.465 e. The van der Waals surface area contributed by atoms with Gasteiger partial charge in [-0.15, -0.1) is 11.3 Å². The number of thiophene rings is 1. The molecule has 0 aliphatic heterocycles. The number of amides is 1. The molecule has 1 atom stereocenters. The highest BCUT2D eigenvalue weighted by molar-refractivity contribution is 7.17. The van der Waals surface area contributed by atoms with Crippen LogP contribution in [-0.2, 0) is 22.4 Å². The van der Waals surface area contributed by atoms with Gasteiger partial charge in [0.25, 0.3) is 0 Å². The second-order valence-corrected chi connectivity index (χ2v) is 9.80. The minimum absolute atomic E-state index is 0.00527. The highest BCUT2D eigenvalue weighted by Gasteiger charge is 2.35. The standard InChI is InChI=1S/C23H37NO3S/c1-6-8-9-10-11-12-19(25)24-21-20(22(26)27-5)17-14-13-16(15-18(17)28-21)23(3,4)7-2/h16H,6-15H2,1-5H3,(H,24,25). The molecule has 0 aromatic carbocycles. The number of fused-ring (bicyclic) bond motifs is 1. The van der Waals surface area contributed by atoms with Gasteiger partial charge in [0.2, 0.25) is 5.91 Å². The third-order valence-corrected chi connectivity index (χ3v) is 7.60. The smallest absolute Gasteiger partial charge is 0.341 e. The second kappa shape index (κ2) is 10.4. The molecule has 1 N–H and O–H groups in total. The van der Waals surface area contributed by atoms with Crippen LogP contribution in [0.1, 0.15) is 99.9 Å². The van der Waals surface area contributed by atoms with E-state index in [0.29, 0.717) is 22.9 Å². The Morgan fingerprint density at radius 1 is 1.18 bits per heavy atom. The number of hydrogen-bond acceptors (Lipinski definition) is 4. The predicted octanol–water partition coefficient (Wildman–Crippen LogP) is 6.37. The van der Waals surface area contributed by atoms with Crippen molar-refractivity contribution in [2.45, 2.75) is 91.9 Å². The normalized spacial score (nSPS) is 16.5. The first kappa shape index (κ1) is 22.9. The number of methoxy groups -OCH3 is 1. The summed E-state index contributed by atoms with van der Waals surface area (Å²) in [6.45, 7) is 9.10. The lowest BCUT2D eigenvalue weighted by atomic mass is 9.69. The molecule has 0 radical (unpaired) electrons. The molecule has 1 aromatic rings. The molecule has 1 aromatic heterocycles. The Balaban J connectivity index is 2.12. The third-order valence-electron chi connectivity index (χ3n) is 6.43. The summed E-state index contributed by atoms with van der Waals surface area (Å²) in [5.41, 5.74) is 1.97. The summed E-state index contributed by atoms with van der Waals surface area (Å²) in [5, 5.41) is 3.71. The second-order valence-electron chi connectivity index (χ2n) is 8.69. The van der Waals surface area contributed by atoms with Crippen molar-refractivity contribution in [2.75, 3.05) is 12.4 Å². The van der Waals surface area contributed by atoms with E-state index in [0.717, 1.165) is 44.1 Å². The summed E-state index contributed by atoms with van der Waals surface area (Å²) in [4.78, 5) is 26.1. The molecular formula is C23H37NO3S. The molecule has 0 bridgehead atoms. The molecular weight excluding hydrogens is 370 g/mol. The SMILES string of the molecule is CCCCCCCC(=O)Nc1sc2c(c1C(=O)OC)CCC(C(C)(C)CC)C2. The zero-order chi connectivity index (χ0) is 20.7. The van der Waals surface area contributed by atoms with Crippen LogP contribution in [0.15, 0.2) is 0 Å². The maximum Gasteiger partial charge on any atom is 0.341 e. The van der Waals surface area contributed by atoms with Crippen LogP contribution in [0, 0.1) is 11.3 Å². The Morgan fingerprint density at radius 3 is 2.54 bits per heavy atom. The van der Waals surface area contributed by atoms with E-state index >= 15 is 0 Å². The van der Waals surface area contributed by atoms with Gasteiger partial charge in [0, 0.05) is 11.3 Å². The molecule has 2 rings (SSSR count). The van der Waals surface area contributed by atoms with Crippen LogP contribution in [-0.4, -0.2) is 19.0 Å². The number of rotatable bonds is 10. The number of hydrogen-bond donors (Lipinski definition) is 1. The van der Waals surface area contributed by atoms with E-state index in [1.807, 2.05) is 0 Å². The van der Waals surface area contributed by atoms with E-state index in [4.69, 9.17) is 4.74 Å². The van der Waals surface area contributed by atoms with Crippen LogP contribution >= 0.6 is 11.3 Å². The Bertz CT molecular complexity index is 678. The van der Waals surface area contributed by atoms with Gasteiger partial charge in [0.05, 0.1) is 12.7 Å². The maximum atomic E-state index is 12.4. The van der Waals surface area contributed by atoms with E-state index in [9.17, 15) is 9.59 Å². The average Bonchev–Trinajstić information content (AvgIpc) is 3.04. The van der Waals surface area contributed by atoms with Gasteiger partial charge >= 0.3 is 5.97 Å². The van der Waals surface area contributed by atoms with Crippen molar-refractivity contribution < 1.29 is 14.3 Å². The lowest BCUT2D eigenvalue weighted by molar-refractivity contribution is -0.116. The topological polar surface area (TPSA) is 55.4 Å². The highest BCUT2D eigenvalue weighted by atomic mass is 32.1. The fourth-order valence-corrected chi connectivity index (χ4v) is 5.36. The first-order chi connectivity index (χ1) is 13.3. The number of unbranched alkanes of at least 4 members (excludes halogenated alkanes) is 4. The van der Waals surface area contributed by atoms with Gasteiger partial charge < -0.3 is 10.1 Å². The number of carbonyl (C=O) groups is 2. The van der Waals surface area contributed by atoms with Crippen molar-refractivity contribution in [3.63, 3.8) is 0 Å². The first-order valence-corrected chi connectivity index (χ1v) is 11.7. The van der Waals surface area contributed by atoms with Gasteiger partial charge in [-0.1, -0.05) is 59.8 Å². The molecule has 1 aliphatic carbocycles. The Hall–Kier alpha value is -1.36. The van der Waals surface area contributed by atoms with Gasteiger partial charge in [-0.25, -0.2) is 4.79 Å². The predicted molar refractivity (Wildman–Crippen MR) is 117 cm³/mol. The van der Waals surface area contributed by atoms with Crippen LogP contribution in [0.25, 0.3) is 0 Å². The van der Waals surface area contributed by atoms with Crippen molar-refractivity contribution in [3.05, 3.63) is 16.0 Å². The molecule has 0 saturated carbocycles. The molecule has 0 saturated heterocycles. The molecule has 1 heterocycles. The minimum atomic E-state index is -0.330. The van der Waals surface area contributed by atoms with Gasteiger partial charge in [0.15, 0.2) is 0 Å². The summed E-state index contributed by atoms with van der Waals surface area (Å²) in [5.74, 6) is 0.283. The molecule has 0 spiro atoms. The monoisotopic (exact) mass is 407 g/mol.